The van der Waals surface area contributed by atoms with Gasteiger partial charge in [-0.15, -0.1) is 0 Å². The number of nitrogens with one attached hydrogen (secondary N) is 1. The second-order valence-electron chi connectivity index (χ2n) is 5.41. The molecule has 0 unspecified atom stereocenters. The maximum Gasteiger partial charge on any atom is 0.240 e. The molecule has 0 saturated carbocycles. The second-order valence-corrected chi connectivity index (χ2v) is 7.62. The van der Waals surface area contributed by atoms with Crippen molar-refractivity contribution in [2.24, 2.45) is 0 Å². The summed E-state index contributed by atoms with van der Waals surface area (Å²) < 4.78 is 29.0. The molecule has 2 heterocycles. The molecule has 0 saturated heterocycles. The minimum atomic E-state index is -3.59. The van der Waals surface area contributed by atoms with Gasteiger partial charge in [0.15, 0.2) is 0 Å². The topological polar surface area (TPSA) is 63.5 Å². The monoisotopic (exact) mass is 349 g/mol. The molecule has 3 rings (SSSR count). The normalized spacial score (nSPS) is 12.0. The van der Waals surface area contributed by atoms with Crippen molar-refractivity contribution < 1.29 is 8.42 Å². The zero-order valence-corrected chi connectivity index (χ0v) is 14.3. The standard InChI is InChI=1S/C16H16ClN3O2S/c1-11-7-12(2)20-10-14(19-16(20)8-11)9-18-23(21,22)15-5-3-13(17)4-6-15/h3-8,10,18H,9H2,1-2H3. The molecule has 3 aromatic rings. The lowest BCUT2D eigenvalue weighted by molar-refractivity contribution is 0.580. The summed E-state index contributed by atoms with van der Waals surface area (Å²) in [6, 6.07) is 10.1. The van der Waals surface area contributed by atoms with Gasteiger partial charge in [-0.3, -0.25) is 0 Å². The Bertz CT molecular complexity index is 963. The molecular formula is C16H16ClN3O2S. The number of imidazole rings is 1. The van der Waals surface area contributed by atoms with E-state index in [9.17, 15) is 8.42 Å². The van der Waals surface area contributed by atoms with Gasteiger partial charge in [-0.25, -0.2) is 18.1 Å². The van der Waals surface area contributed by atoms with Crippen molar-refractivity contribution in [3.8, 4) is 0 Å². The molecule has 0 fully saturated rings. The van der Waals surface area contributed by atoms with Gasteiger partial charge in [0, 0.05) is 16.9 Å². The first-order valence-electron chi connectivity index (χ1n) is 7.06. The van der Waals surface area contributed by atoms with E-state index in [4.69, 9.17) is 11.6 Å². The van der Waals surface area contributed by atoms with Gasteiger partial charge in [0.1, 0.15) is 5.65 Å². The highest BCUT2D eigenvalue weighted by atomic mass is 35.5. The number of aryl methyl sites for hydroxylation is 2. The van der Waals surface area contributed by atoms with Gasteiger partial charge in [0.2, 0.25) is 10.0 Å². The van der Waals surface area contributed by atoms with Crippen LogP contribution in [0.25, 0.3) is 5.65 Å². The number of fused-ring (bicyclic) bond motifs is 1. The van der Waals surface area contributed by atoms with Gasteiger partial charge >= 0.3 is 0 Å². The predicted molar refractivity (Wildman–Crippen MR) is 90.1 cm³/mol. The molecule has 0 amide bonds. The lowest BCUT2D eigenvalue weighted by Crippen LogP contribution is -2.23. The van der Waals surface area contributed by atoms with Crippen molar-refractivity contribution in [3.05, 3.63) is 64.6 Å². The molecule has 0 aliphatic carbocycles. The third-order valence-corrected chi connectivity index (χ3v) is 5.19. The van der Waals surface area contributed by atoms with E-state index in [-0.39, 0.29) is 11.4 Å². The largest absolute Gasteiger partial charge is 0.304 e. The molecule has 1 N–H and O–H groups in total. The molecule has 1 aromatic carbocycles. The Morgan fingerprint density at radius 3 is 2.57 bits per heavy atom. The summed E-state index contributed by atoms with van der Waals surface area (Å²) in [5.74, 6) is 0. The van der Waals surface area contributed by atoms with E-state index >= 15 is 0 Å². The van der Waals surface area contributed by atoms with Crippen molar-refractivity contribution in [1.29, 1.82) is 0 Å². The first-order valence-corrected chi connectivity index (χ1v) is 8.92. The zero-order valence-electron chi connectivity index (χ0n) is 12.7. The van der Waals surface area contributed by atoms with Crippen LogP contribution in [0.2, 0.25) is 5.02 Å². The summed E-state index contributed by atoms with van der Waals surface area (Å²) in [5.41, 5.74) is 3.65. The number of rotatable bonds is 4. The molecule has 0 radical (unpaired) electrons. The summed E-state index contributed by atoms with van der Waals surface area (Å²) >= 11 is 5.78. The molecule has 0 aliphatic heterocycles. The Hall–Kier alpha value is -1.89. The smallest absolute Gasteiger partial charge is 0.240 e. The minimum Gasteiger partial charge on any atom is -0.304 e. The van der Waals surface area contributed by atoms with Gasteiger partial charge in [-0.05, 0) is 55.8 Å². The highest BCUT2D eigenvalue weighted by molar-refractivity contribution is 7.89. The Morgan fingerprint density at radius 1 is 1.17 bits per heavy atom. The van der Waals surface area contributed by atoms with Crippen LogP contribution in [0.5, 0.6) is 0 Å². The maximum absolute atomic E-state index is 12.3. The molecule has 5 nitrogen and oxygen atoms in total. The van der Waals surface area contributed by atoms with Crippen molar-refractivity contribution in [3.63, 3.8) is 0 Å². The molecular weight excluding hydrogens is 334 g/mol. The minimum absolute atomic E-state index is 0.130. The first kappa shape index (κ1) is 16.0. The van der Waals surface area contributed by atoms with E-state index in [0.29, 0.717) is 10.7 Å². The quantitative estimate of drug-likeness (QED) is 0.787. The van der Waals surface area contributed by atoms with Crippen LogP contribution in [0, 0.1) is 13.8 Å². The van der Waals surface area contributed by atoms with E-state index in [1.54, 1.807) is 12.1 Å². The number of aromatic nitrogens is 2. The average Bonchev–Trinajstić information content (AvgIpc) is 2.89. The number of halogens is 1. The molecule has 120 valence electrons. The van der Waals surface area contributed by atoms with Crippen molar-refractivity contribution in [2.45, 2.75) is 25.3 Å². The van der Waals surface area contributed by atoms with E-state index in [1.807, 2.05) is 30.5 Å². The third-order valence-electron chi connectivity index (χ3n) is 3.52. The Morgan fingerprint density at radius 2 is 1.87 bits per heavy atom. The van der Waals surface area contributed by atoms with Crippen LogP contribution in [0.15, 0.2) is 47.5 Å². The van der Waals surface area contributed by atoms with Crippen LogP contribution in [-0.2, 0) is 16.6 Å². The van der Waals surface area contributed by atoms with Crippen molar-refractivity contribution in [1.82, 2.24) is 14.1 Å². The van der Waals surface area contributed by atoms with Gasteiger partial charge in [0.05, 0.1) is 17.1 Å². The average molecular weight is 350 g/mol. The van der Waals surface area contributed by atoms with Gasteiger partial charge < -0.3 is 4.40 Å². The second kappa shape index (κ2) is 5.96. The Balaban J connectivity index is 1.82. The van der Waals surface area contributed by atoms with Crippen LogP contribution in [0.4, 0.5) is 0 Å². The Labute approximate surface area is 140 Å². The maximum atomic E-state index is 12.3. The fourth-order valence-corrected chi connectivity index (χ4v) is 3.55. The van der Waals surface area contributed by atoms with E-state index < -0.39 is 10.0 Å². The summed E-state index contributed by atoms with van der Waals surface area (Å²) in [5, 5.41) is 0.496. The van der Waals surface area contributed by atoms with Crippen molar-refractivity contribution >= 4 is 27.3 Å². The van der Waals surface area contributed by atoms with E-state index in [0.717, 1.165) is 16.9 Å². The first-order chi connectivity index (χ1) is 10.8. The van der Waals surface area contributed by atoms with Gasteiger partial charge in [0.25, 0.3) is 0 Å². The molecule has 2 aromatic heterocycles. The highest BCUT2D eigenvalue weighted by Crippen LogP contribution is 2.15. The molecule has 0 bridgehead atoms. The van der Waals surface area contributed by atoms with Crippen LogP contribution < -0.4 is 4.72 Å². The number of sulfonamides is 1. The zero-order chi connectivity index (χ0) is 16.6. The fourth-order valence-electron chi connectivity index (χ4n) is 2.42. The Kier molecular flexibility index (Phi) is 4.14. The number of nitrogens with zero attached hydrogens (tertiary/aromatic N) is 2. The highest BCUT2D eigenvalue weighted by Gasteiger charge is 2.14. The number of hydrogen-bond acceptors (Lipinski definition) is 3. The van der Waals surface area contributed by atoms with E-state index in [1.165, 1.54) is 12.1 Å². The predicted octanol–water partition coefficient (Wildman–Crippen LogP) is 3.08. The lowest BCUT2D eigenvalue weighted by atomic mass is 10.2. The number of pyridine rings is 1. The van der Waals surface area contributed by atoms with Crippen molar-refractivity contribution in [2.75, 3.05) is 0 Å². The van der Waals surface area contributed by atoms with E-state index in [2.05, 4.69) is 15.8 Å². The van der Waals surface area contributed by atoms with Crippen LogP contribution >= 0.6 is 11.6 Å². The van der Waals surface area contributed by atoms with Crippen LogP contribution in [0.3, 0.4) is 0 Å². The summed E-state index contributed by atoms with van der Waals surface area (Å²) in [6.07, 6.45) is 1.84. The molecule has 7 heteroatoms. The van der Waals surface area contributed by atoms with Gasteiger partial charge in [-0.1, -0.05) is 11.6 Å². The van der Waals surface area contributed by atoms with Gasteiger partial charge in [-0.2, -0.15) is 0 Å². The summed E-state index contributed by atoms with van der Waals surface area (Å²) in [6.45, 7) is 4.12. The van der Waals surface area contributed by atoms with Crippen LogP contribution in [-0.4, -0.2) is 17.8 Å². The number of hydrogen-bond donors (Lipinski definition) is 1. The number of benzene rings is 1. The molecule has 0 aliphatic rings. The summed E-state index contributed by atoms with van der Waals surface area (Å²) in [4.78, 5) is 4.64. The summed E-state index contributed by atoms with van der Waals surface area (Å²) in [7, 11) is -3.59. The SMILES string of the molecule is Cc1cc(C)n2cc(CNS(=O)(=O)c3ccc(Cl)cc3)nc2c1. The molecule has 0 atom stereocenters. The fraction of sp³-hybridized carbons (Fsp3) is 0.188. The lowest BCUT2D eigenvalue weighted by Gasteiger charge is -2.05. The molecule has 0 spiro atoms. The third kappa shape index (κ3) is 3.39. The molecule has 23 heavy (non-hydrogen) atoms. The van der Waals surface area contributed by atoms with Crippen LogP contribution in [0.1, 0.15) is 17.0 Å².